The molecule has 0 atom stereocenters. The molecule has 8 heteroatoms. The van der Waals surface area contributed by atoms with E-state index in [2.05, 4.69) is 10.3 Å². The number of ether oxygens (including phenoxy) is 2. The zero-order valence-electron chi connectivity index (χ0n) is 13.8. The van der Waals surface area contributed by atoms with E-state index >= 15 is 0 Å². The fraction of sp³-hybridized carbons (Fsp3) is 0.412. The van der Waals surface area contributed by atoms with Crippen LogP contribution in [0.4, 0.5) is 5.69 Å². The topological polar surface area (TPSA) is 86.5 Å². The molecule has 3 N–H and O–H groups in total. The first kappa shape index (κ1) is 19.7. The van der Waals surface area contributed by atoms with E-state index in [-0.39, 0.29) is 18.3 Å². The molecule has 0 bridgehead atoms. The summed E-state index contributed by atoms with van der Waals surface area (Å²) in [6, 6.07) is 7.38. The van der Waals surface area contributed by atoms with Crippen molar-refractivity contribution >= 4 is 35.3 Å². The Hall–Kier alpha value is -1.67. The van der Waals surface area contributed by atoms with Gasteiger partial charge in [0.25, 0.3) is 5.91 Å². The molecule has 1 saturated heterocycles. The number of halogens is 1. The number of hydrogen-bond acceptors (Lipinski definition) is 6. The summed E-state index contributed by atoms with van der Waals surface area (Å²) in [4.78, 5) is 16.3. The fourth-order valence-corrected chi connectivity index (χ4v) is 3.12. The molecule has 0 aliphatic carbocycles. The predicted octanol–water partition coefficient (Wildman–Crippen LogP) is 3.08. The molecule has 1 fully saturated rings. The minimum Gasteiger partial charge on any atom is -0.493 e. The third kappa shape index (κ3) is 5.67. The second-order valence-corrected chi connectivity index (χ2v) is 6.62. The number of nitrogens with two attached hydrogens (primary N) is 1. The van der Waals surface area contributed by atoms with Gasteiger partial charge in [0.05, 0.1) is 6.61 Å². The van der Waals surface area contributed by atoms with Crippen molar-refractivity contribution in [1.82, 2.24) is 4.98 Å². The lowest BCUT2D eigenvalue weighted by Gasteiger charge is -2.22. The monoisotopic (exact) mass is 383 g/mol. The first-order valence-electron chi connectivity index (χ1n) is 8.01. The number of hydrogen-bond donors (Lipinski definition) is 2. The van der Waals surface area contributed by atoms with Crippen LogP contribution in [0.5, 0.6) is 5.75 Å². The zero-order chi connectivity index (χ0) is 16.8. The van der Waals surface area contributed by atoms with Crippen LogP contribution in [0.15, 0.2) is 29.6 Å². The van der Waals surface area contributed by atoms with Gasteiger partial charge in [-0.3, -0.25) is 4.79 Å². The van der Waals surface area contributed by atoms with Gasteiger partial charge in [0, 0.05) is 30.8 Å². The number of rotatable bonds is 6. The third-order valence-corrected chi connectivity index (χ3v) is 4.77. The van der Waals surface area contributed by atoms with Crippen molar-refractivity contribution in [2.45, 2.75) is 19.4 Å². The van der Waals surface area contributed by atoms with Crippen molar-refractivity contribution in [2.24, 2.45) is 11.7 Å². The smallest absolute Gasteiger partial charge is 0.275 e. The number of carbonyl (C=O) groups excluding carboxylic acids is 1. The Morgan fingerprint density at radius 2 is 2.04 bits per heavy atom. The first-order chi connectivity index (χ1) is 11.7. The van der Waals surface area contributed by atoms with Crippen molar-refractivity contribution in [3.05, 3.63) is 40.3 Å². The molecule has 3 rings (SSSR count). The van der Waals surface area contributed by atoms with E-state index in [0.29, 0.717) is 30.5 Å². The molecule has 6 nitrogen and oxygen atoms in total. The van der Waals surface area contributed by atoms with Gasteiger partial charge in [-0.2, -0.15) is 0 Å². The van der Waals surface area contributed by atoms with Crippen molar-refractivity contribution < 1.29 is 14.3 Å². The fourth-order valence-electron chi connectivity index (χ4n) is 2.47. The highest BCUT2D eigenvalue weighted by molar-refractivity contribution is 7.09. The van der Waals surface area contributed by atoms with E-state index in [1.807, 2.05) is 24.3 Å². The molecule has 0 unspecified atom stereocenters. The Morgan fingerprint density at radius 1 is 1.32 bits per heavy atom. The molecule has 1 aromatic carbocycles. The summed E-state index contributed by atoms with van der Waals surface area (Å²) >= 11 is 1.39. The van der Waals surface area contributed by atoms with Crippen LogP contribution in [0, 0.1) is 5.92 Å². The Bertz CT molecular complexity index is 672. The number of carbonyl (C=O) groups is 1. The molecule has 0 saturated carbocycles. The highest BCUT2D eigenvalue weighted by Crippen LogP contribution is 2.20. The number of aromatic nitrogens is 1. The van der Waals surface area contributed by atoms with Gasteiger partial charge < -0.3 is 20.5 Å². The van der Waals surface area contributed by atoms with Gasteiger partial charge in [-0.15, -0.1) is 23.7 Å². The summed E-state index contributed by atoms with van der Waals surface area (Å²) in [5.41, 5.74) is 6.61. The molecule has 1 aromatic heterocycles. The number of amides is 1. The van der Waals surface area contributed by atoms with Gasteiger partial charge in [0.2, 0.25) is 0 Å². The van der Waals surface area contributed by atoms with Crippen LogP contribution >= 0.6 is 23.7 Å². The van der Waals surface area contributed by atoms with E-state index in [1.165, 1.54) is 11.3 Å². The van der Waals surface area contributed by atoms with Crippen LogP contribution < -0.4 is 15.8 Å². The van der Waals surface area contributed by atoms with Gasteiger partial charge in [-0.1, -0.05) is 0 Å². The summed E-state index contributed by atoms with van der Waals surface area (Å²) in [6.07, 6.45) is 2.10. The van der Waals surface area contributed by atoms with Crippen LogP contribution in [0.25, 0.3) is 0 Å². The Kier molecular flexibility index (Phi) is 7.64. The van der Waals surface area contributed by atoms with Crippen molar-refractivity contribution in [3.8, 4) is 5.75 Å². The number of benzene rings is 1. The number of thiazole rings is 1. The summed E-state index contributed by atoms with van der Waals surface area (Å²) in [6.45, 7) is 2.69. The van der Waals surface area contributed by atoms with Crippen molar-refractivity contribution in [3.63, 3.8) is 0 Å². The van der Waals surface area contributed by atoms with Crippen LogP contribution in [0.2, 0.25) is 0 Å². The molecule has 2 aromatic rings. The van der Waals surface area contributed by atoms with E-state index in [1.54, 1.807) is 5.38 Å². The molecular formula is C17H22ClN3O3S. The quantitative estimate of drug-likeness (QED) is 0.800. The summed E-state index contributed by atoms with van der Waals surface area (Å²) in [5.74, 6) is 1.12. The Balaban J connectivity index is 0.00000225. The predicted molar refractivity (Wildman–Crippen MR) is 101 cm³/mol. The highest BCUT2D eigenvalue weighted by atomic mass is 35.5. The molecule has 25 heavy (non-hydrogen) atoms. The molecule has 0 radical (unpaired) electrons. The van der Waals surface area contributed by atoms with Gasteiger partial charge in [-0.05, 0) is 43.0 Å². The first-order valence-corrected chi connectivity index (χ1v) is 8.89. The standard InChI is InChI=1S/C17H21N3O3S.ClH/c18-9-16-20-15(11-24-16)17(21)19-13-1-3-14(4-2-13)23-10-12-5-7-22-8-6-12;/h1-4,11-12H,5-10,18H2,(H,19,21);1H. The molecule has 1 aliphatic rings. The van der Waals surface area contributed by atoms with E-state index in [4.69, 9.17) is 15.2 Å². The highest BCUT2D eigenvalue weighted by Gasteiger charge is 2.14. The van der Waals surface area contributed by atoms with Gasteiger partial charge in [0.1, 0.15) is 16.5 Å². The Morgan fingerprint density at radius 3 is 2.68 bits per heavy atom. The number of nitrogens with zero attached hydrogens (tertiary/aromatic N) is 1. The average molecular weight is 384 g/mol. The number of anilines is 1. The molecule has 136 valence electrons. The summed E-state index contributed by atoms with van der Waals surface area (Å²) in [7, 11) is 0. The maximum atomic E-state index is 12.1. The zero-order valence-corrected chi connectivity index (χ0v) is 15.4. The molecule has 2 heterocycles. The second-order valence-electron chi connectivity index (χ2n) is 5.68. The van der Waals surface area contributed by atoms with Crippen LogP contribution in [0.3, 0.4) is 0 Å². The number of nitrogens with one attached hydrogen (secondary N) is 1. The van der Waals surface area contributed by atoms with Crippen LogP contribution in [-0.2, 0) is 11.3 Å². The minimum absolute atomic E-state index is 0. The lowest BCUT2D eigenvalue weighted by Crippen LogP contribution is -2.21. The molecule has 1 aliphatic heterocycles. The molecule has 0 spiro atoms. The van der Waals surface area contributed by atoms with E-state index in [0.717, 1.165) is 36.8 Å². The van der Waals surface area contributed by atoms with Crippen molar-refractivity contribution in [1.29, 1.82) is 0 Å². The van der Waals surface area contributed by atoms with E-state index < -0.39 is 0 Å². The minimum atomic E-state index is -0.234. The largest absolute Gasteiger partial charge is 0.493 e. The normalized spacial score (nSPS) is 14.6. The summed E-state index contributed by atoms with van der Waals surface area (Å²) < 4.78 is 11.2. The van der Waals surface area contributed by atoms with Gasteiger partial charge in [0.15, 0.2) is 0 Å². The van der Waals surface area contributed by atoms with Crippen molar-refractivity contribution in [2.75, 3.05) is 25.1 Å². The maximum Gasteiger partial charge on any atom is 0.275 e. The lowest BCUT2D eigenvalue weighted by molar-refractivity contribution is 0.0497. The summed E-state index contributed by atoms with van der Waals surface area (Å²) in [5, 5.41) is 5.28. The Labute approximate surface area is 157 Å². The van der Waals surface area contributed by atoms with Crippen LogP contribution in [0.1, 0.15) is 28.3 Å². The molecular weight excluding hydrogens is 362 g/mol. The van der Waals surface area contributed by atoms with E-state index in [9.17, 15) is 4.79 Å². The third-order valence-electron chi connectivity index (χ3n) is 3.90. The SMILES string of the molecule is Cl.NCc1nc(C(=O)Nc2ccc(OCC3CCOCC3)cc2)cs1. The second kappa shape index (κ2) is 9.72. The van der Waals surface area contributed by atoms with Crippen LogP contribution in [-0.4, -0.2) is 30.7 Å². The lowest BCUT2D eigenvalue weighted by atomic mass is 10.0. The maximum absolute atomic E-state index is 12.1. The average Bonchev–Trinajstić information content (AvgIpc) is 3.11. The van der Waals surface area contributed by atoms with Gasteiger partial charge in [-0.25, -0.2) is 4.98 Å². The molecule has 1 amide bonds. The van der Waals surface area contributed by atoms with Gasteiger partial charge >= 0.3 is 0 Å².